The Morgan fingerprint density at radius 2 is 2.00 bits per heavy atom. The first-order chi connectivity index (χ1) is 14.4. The summed E-state index contributed by atoms with van der Waals surface area (Å²) in [5.41, 5.74) is 4.07. The van der Waals surface area contributed by atoms with Crippen molar-refractivity contribution in [1.82, 2.24) is 20.2 Å². The molecular formula is C18H16Cl2FN7OS. The first kappa shape index (κ1) is 21.9. The molecule has 1 heterocycles. The number of carbonyl (C=O) groups is 1. The zero-order valence-electron chi connectivity index (χ0n) is 15.3. The summed E-state index contributed by atoms with van der Waals surface area (Å²) < 4.78 is 14.1. The maximum absolute atomic E-state index is 12.9. The number of hydrogen-bond donors (Lipinski definition) is 3. The highest BCUT2D eigenvalue weighted by Crippen LogP contribution is 2.24. The topological polar surface area (TPSA) is 110 Å². The molecule has 156 valence electrons. The van der Waals surface area contributed by atoms with E-state index in [-0.39, 0.29) is 23.4 Å². The second-order valence-electron chi connectivity index (χ2n) is 5.88. The fourth-order valence-electron chi connectivity index (χ4n) is 2.22. The molecule has 0 spiro atoms. The lowest BCUT2D eigenvalue weighted by Gasteiger charge is -2.05. The van der Waals surface area contributed by atoms with Crippen LogP contribution in [0, 0.1) is 5.82 Å². The average molecular weight is 468 g/mol. The van der Waals surface area contributed by atoms with Crippen molar-refractivity contribution in [3.8, 4) is 0 Å². The number of hydrazone groups is 1. The van der Waals surface area contributed by atoms with Crippen LogP contribution in [0.2, 0.25) is 10.0 Å². The second kappa shape index (κ2) is 10.3. The number of anilines is 1. The smallest absolute Gasteiger partial charge is 0.264 e. The van der Waals surface area contributed by atoms with Crippen molar-refractivity contribution in [2.45, 2.75) is 11.7 Å². The Kier molecular flexibility index (Phi) is 7.50. The maximum Gasteiger partial charge on any atom is 0.264 e. The van der Waals surface area contributed by atoms with Crippen LogP contribution < -0.4 is 16.6 Å². The lowest BCUT2D eigenvalue weighted by atomic mass is 10.2. The highest BCUT2D eigenvalue weighted by molar-refractivity contribution is 7.99. The molecule has 12 heteroatoms. The molecule has 3 rings (SSSR count). The van der Waals surface area contributed by atoms with Crippen molar-refractivity contribution < 1.29 is 9.18 Å². The first-order valence-corrected chi connectivity index (χ1v) is 10.3. The molecule has 0 aliphatic rings. The van der Waals surface area contributed by atoms with Crippen molar-refractivity contribution in [1.29, 1.82) is 0 Å². The Labute approximate surface area is 185 Å². The molecule has 0 fully saturated rings. The first-order valence-electron chi connectivity index (χ1n) is 8.51. The molecule has 4 N–H and O–H groups in total. The summed E-state index contributed by atoms with van der Waals surface area (Å²) in [4.78, 5) is 12.0. The van der Waals surface area contributed by atoms with E-state index in [0.717, 1.165) is 17.3 Å². The van der Waals surface area contributed by atoms with Gasteiger partial charge in [0.25, 0.3) is 5.95 Å². The number of nitrogen functional groups attached to an aromatic ring is 1. The summed E-state index contributed by atoms with van der Waals surface area (Å²) >= 11 is 13.1. The predicted octanol–water partition coefficient (Wildman–Crippen LogP) is 3.29. The second-order valence-corrected chi connectivity index (χ2v) is 7.61. The number of aromatic nitrogens is 3. The number of amides is 1. The minimum atomic E-state index is -0.327. The van der Waals surface area contributed by atoms with Crippen LogP contribution in [-0.4, -0.2) is 32.7 Å². The minimum absolute atomic E-state index is 0.0813. The van der Waals surface area contributed by atoms with Crippen molar-refractivity contribution in [3.63, 3.8) is 0 Å². The molecule has 0 atom stereocenters. The van der Waals surface area contributed by atoms with E-state index in [4.69, 9.17) is 29.0 Å². The molecule has 0 saturated heterocycles. The molecule has 30 heavy (non-hydrogen) atoms. The molecule has 3 aromatic rings. The number of nitrogens with zero attached hydrogens (tertiary/aromatic N) is 4. The third-order valence-electron chi connectivity index (χ3n) is 3.75. The van der Waals surface area contributed by atoms with Crippen molar-refractivity contribution in [3.05, 3.63) is 69.5 Å². The van der Waals surface area contributed by atoms with Gasteiger partial charge in [0.2, 0.25) is 11.1 Å². The highest BCUT2D eigenvalue weighted by Gasteiger charge is 2.12. The molecule has 0 aliphatic carbocycles. The molecule has 1 aromatic heterocycles. The number of benzene rings is 2. The number of halogens is 3. The number of rotatable bonds is 8. The van der Waals surface area contributed by atoms with E-state index < -0.39 is 0 Å². The minimum Gasteiger partial charge on any atom is -0.351 e. The van der Waals surface area contributed by atoms with Gasteiger partial charge < -0.3 is 11.2 Å². The molecule has 0 bridgehead atoms. The zero-order chi connectivity index (χ0) is 21.5. The van der Waals surface area contributed by atoms with E-state index in [2.05, 4.69) is 26.0 Å². The van der Waals surface area contributed by atoms with Gasteiger partial charge in [-0.2, -0.15) is 5.10 Å². The fourth-order valence-corrected chi connectivity index (χ4v) is 3.26. The lowest BCUT2D eigenvalue weighted by molar-refractivity contribution is -0.118. The van der Waals surface area contributed by atoms with Crippen LogP contribution in [0.5, 0.6) is 0 Å². The van der Waals surface area contributed by atoms with E-state index in [0.29, 0.717) is 27.3 Å². The Morgan fingerprint density at radius 1 is 1.23 bits per heavy atom. The Hall–Kier alpha value is -2.82. The average Bonchev–Trinajstić information content (AvgIpc) is 3.09. The van der Waals surface area contributed by atoms with Gasteiger partial charge in [0, 0.05) is 12.1 Å². The molecular weight excluding hydrogens is 452 g/mol. The molecule has 1 amide bonds. The summed E-state index contributed by atoms with van der Waals surface area (Å²) in [5.74, 6) is 5.63. The van der Waals surface area contributed by atoms with Crippen LogP contribution in [0.25, 0.3) is 0 Å². The monoisotopic (exact) mass is 467 g/mol. The zero-order valence-corrected chi connectivity index (χ0v) is 17.7. The van der Waals surface area contributed by atoms with Gasteiger partial charge in [0.1, 0.15) is 5.82 Å². The highest BCUT2D eigenvalue weighted by atomic mass is 35.5. The third kappa shape index (κ3) is 5.85. The summed E-state index contributed by atoms with van der Waals surface area (Å²) in [5, 5.41) is 15.7. The van der Waals surface area contributed by atoms with Crippen LogP contribution in [0.15, 0.2) is 52.7 Å². The van der Waals surface area contributed by atoms with E-state index in [9.17, 15) is 9.18 Å². The maximum atomic E-state index is 12.9. The quantitative estimate of drug-likeness (QED) is 0.203. The van der Waals surface area contributed by atoms with Gasteiger partial charge in [-0.1, -0.05) is 59.2 Å². The van der Waals surface area contributed by atoms with Crippen molar-refractivity contribution in [2.24, 2.45) is 5.10 Å². The van der Waals surface area contributed by atoms with Gasteiger partial charge in [-0.15, -0.1) is 10.2 Å². The SMILES string of the molecule is Nn1c(N/N=C/c2cccc(Cl)c2Cl)nnc1SCC(=O)NCc1ccc(F)cc1. The van der Waals surface area contributed by atoms with Gasteiger partial charge in [-0.25, -0.2) is 14.5 Å². The molecule has 0 unspecified atom stereocenters. The van der Waals surface area contributed by atoms with Crippen LogP contribution in [0.3, 0.4) is 0 Å². The normalized spacial score (nSPS) is 11.0. The van der Waals surface area contributed by atoms with Crippen molar-refractivity contribution >= 4 is 53.0 Å². The van der Waals surface area contributed by atoms with Gasteiger partial charge >= 0.3 is 0 Å². The van der Waals surface area contributed by atoms with Crippen LogP contribution in [0.4, 0.5) is 10.3 Å². The summed E-state index contributed by atoms with van der Waals surface area (Å²) in [6.07, 6.45) is 1.47. The molecule has 2 aromatic carbocycles. The summed E-state index contributed by atoms with van der Waals surface area (Å²) in [6, 6.07) is 11.1. The standard InChI is InChI=1S/C18H16Cl2FN7OS/c19-14-3-1-2-12(16(14)20)9-24-25-17-26-27-18(28(17)22)30-10-15(29)23-8-11-4-6-13(21)7-5-11/h1-7,9H,8,10,22H2,(H,23,29)(H,25,26)/b24-9+. The largest absolute Gasteiger partial charge is 0.351 e. The van der Waals surface area contributed by atoms with Gasteiger partial charge in [-0.3, -0.25) is 4.79 Å². The van der Waals surface area contributed by atoms with Gasteiger partial charge in [0.15, 0.2) is 0 Å². The number of nitrogens with one attached hydrogen (secondary N) is 2. The lowest BCUT2D eigenvalue weighted by Crippen LogP contribution is -2.25. The predicted molar refractivity (Wildman–Crippen MR) is 117 cm³/mol. The third-order valence-corrected chi connectivity index (χ3v) is 5.53. The number of thioether (sulfide) groups is 1. The van der Waals surface area contributed by atoms with Crippen LogP contribution in [-0.2, 0) is 11.3 Å². The van der Waals surface area contributed by atoms with Crippen molar-refractivity contribution in [2.75, 3.05) is 17.0 Å². The fraction of sp³-hybridized carbons (Fsp3) is 0.111. The Morgan fingerprint density at radius 3 is 2.77 bits per heavy atom. The Balaban J connectivity index is 1.49. The molecule has 0 radical (unpaired) electrons. The van der Waals surface area contributed by atoms with E-state index in [1.165, 1.54) is 23.0 Å². The number of nitrogens with two attached hydrogens (primary N) is 1. The number of hydrogen-bond acceptors (Lipinski definition) is 7. The van der Waals surface area contributed by atoms with E-state index >= 15 is 0 Å². The van der Waals surface area contributed by atoms with E-state index in [1.54, 1.807) is 30.3 Å². The van der Waals surface area contributed by atoms with Crippen LogP contribution >= 0.6 is 35.0 Å². The Bertz CT molecular complexity index is 1060. The van der Waals surface area contributed by atoms with Crippen LogP contribution in [0.1, 0.15) is 11.1 Å². The van der Waals surface area contributed by atoms with Gasteiger partial charge in [0.05, 0.1) is 22.0 Å². The summed E-state index contributed by atoms with van der Waals surface area (Å²) in [7, 11) is 0. The van der Waals surface area contributed by atoms with E-state index in [1.807, 2.05) is 0 Å². The summed E-state index contributed by atoms with van der Waals surface area (Å²) in [6.45, 7) is 0.294. The number of carbonyl (C=O) groups excluding carboxylic acids is 1. The molecule has 0 aliphatic heterocycles. The molecule has 8 nitrogen and oxygen atoms in total. The van der Waals surface area contributed by atoms with Gasteiger partial charge in [-0.05, 0) is 23.8 Å². The molecule has 0 saturated carbocycles.